The molecule has 0 bridgehead atoms. The van der Waals surface area contributed by atoms with Crippen molar-refractivity contribution in [2.24, 2.45) is 11.3 Å². The molecule has 0 unspecified atom stereocenters. The second-order valence-corrected chi connectivity index (χ2v) is 6.57. The summed E-state index contributed by atoms with van der Waals surface area (Å²) in [7, 11) is 0. The third-order valence-corrected chi connectivity index (χ3v) is 4.13. The van der Waals surface area contributed by atoms with Crippen molar-refractivity contribution >= 4 is 17.5 Å². The lowest BCUT2D eigenvalue weighted by Gasteiger charge is -2.36. The molecule has 1 aromatic heterocycles. The van der Waals surface area contributed by atoms with Gasteiger partial charge in [0, 0.05) is 5.92 Å². The summed E-state index contributed by atoms with van der Waals surface area (Å²) in [6.07, 6.45) is 4.66. The van der Waals surface area contributed by atoms with Crippen LogP contribution < -0.4 is 5.73 Å². The molecule has 4 nitrogen and oxygen atoms in total. The fraction of sp³-hybridized carbons (Fsp3) is 0.769. The van der Waals surface area contributed by atoms with Crippen LogP contribution in [0.1, 0.15) is 58.2 Å². The van der Waals surface area contributed by atoms with Crippen molar-refractivity contribution in [3.63, 3.8) is 0 Å². The van der Waals surface area contributed by atoms with Crippen molar-refractivity contribution in [2.45, 2.75) is 52.4 Å². The average Bonchev–Trinajstić information content (AvgIpc) is 2.27. The summed E-state index contributed by atoms with van der Waals surface area (Å²) in [6, 6.07) is 0. The highest BCUT2D eigenvalue weighted by Crippen LogP contribution is 2.42. The van der Waals surface area contributed by atoms with E-state index in [0.29, 0.717) is 11.3 Å². The van der Waals surface area contributed by atoms with Crippen molar-refractivity contribution < 1.29 is 0 Å². The first-order chi connectivity index (χ1) is 8.36. The SMILES string of the molecule is CC(C)(C)C1CCC(c2nc(N)nc(Cl)n2)CC1. The van der Waals surface area contributed by atoms with Crippen molar-refractivity contribution in [1.29, 1.82) is 0 Å². The number of anilines is 1. The predicted molar refractivity (Wildman–Crippen MR) is 73.4 cm³/mol. The number of nitrogens with zero attached hydrogens (tertiary/aromatic N) is 3. The molecule has 1 saturated carbocycles. The van der Waals surface area contributed by atoms with Gasteiger partial charge in [-0.05, 0) is 48.6 Å². The van der Waals surface area contributed by atoms with Crippen molar-refractivity contribution in [2.75, 3.05) is 5.73 Å². The molecule has 0 radical (unpaired) electrons. The maximum Gasteiger partial charge on any atom is 0.227 e. The first-order valence-corrected chi connectivity index (χ1v) is 6.91. The Kier molecular flexibility index (Phi) is 3.76. The third kappa shape index (κ3) is 3.10. The van der Waals surface area contributed by atoms with Crippen LogP contribution in [0.4, 0.5) is 5.95 Å². The summed E-state index contributed by atoms with van der Waals surface area (Å²) in [5.74, 6) is 2.15. The molecule has 0 amide bonds. The Labute approximate surface area is 113 Å². The van der Waals surface area contributed by atoms with Crippen LogP contribution in [0, 0.1) is 11.3 Å². The minimum Gasteiger partial charge on any atom is -0.368 e. The van der Waals surface area contributed by atoms with Gasteiger partial charge in [0.25, 0.3) is 0 Å². The predicted octanol–water partition coefficient (Wildman–Crippen LogP) is 3.43. The lowest BCUT2D eigenvalue weighted by Crippen LogP contribution is -2.26. The molecule has 1 aliphatic rings. The monoisotopic (exact) mass is 268 g/mol. The molecule has 100 valence electrons. The summed E-state index contributed by atoms with van der Waals surface area (Å²) in [5, 5.41) is 0.204. The molecule has 2 N–H and O–H groups in total. The van der Waals surface area contributed by atoms with Crippen LogP contribution in [0.2, 0.25) is 5.28 Å². The Morgan fingerprint density at radius 3 is 2.17 bits per heavy atom. The van der Waals surface area contributed by atoms with Gasteiger partial charge in [-0.25, -0.2) is 4.98 Å². The molecule has 1 aromatic rings. The Balaban J connectivity index is 2.05. The highest BCUT2D eigenvalue weighted by Gasteiger charge is 2.31. The van der Waals surface area contributed by atoms with Gasteiger partial charge in [0.15, 0.2) is 0 Å². The minimum absolute atomic E-state index is 0.204. The summed E-state index contributed by atoms with van der Waals surface area (Å²) in [4.78, 5) is 12.2. The fourth-order valence-electron chi connectivity index (χ4n) is 2.78. The molecule has 1 fully saturated rings. The first-order valence-electron chi connectivity index (χ1n) is 6.53. The molecule has 2 rings (SSSR count). The van der Waals surface area contributed by atoms with Crippen molar-refractivity contribution in [3.05, 3.63) is 11.1 Å². The number of aromatic nitrogens is 3. The second-order valence-electron chi connectivity index (χ2n) is 6.24. The average molecular weight is 269 g/mol. The molecule has 0 spiro atoms. The summed E-state index contributed by atoms with van der Waals surface area (Å²) >= 11 is 5.83. The van der Waals surface area contributed by atoms with E-state index >= 15 is 0 Å². The van der Waals surface area contributed by atoms with Crippen molar-refractivity contribution in [3.8, 4) is 0 Å². The largest absolute Gasteiger partial charge is 0.368 e. The molecule has 0 atom stereocenters. The zero-order valence-corrected chi connectivity index (χ0v) is 12.0. The normalized spacial score (nSPS) is 25.1. The number of halogens is 1. The van der Waals surface area contributed by atoms with Gasteiger partial charge in [-0.2, -0.15) is 9.97 Å². The molecule has 1 heterocycles. The molecule has 0 aromatic carbocycles. The van der Waals surface area contributed by atoms with Crippen LogP contribution in [0.25, 0.3) is 0 Å². The van der Waals surface area contributed by atoms with Gasteiger partial charge in [0.05, 0.1) is 0 Å². The number of nitrogens with two attached hydrogens (primary N) is 1. The van der Waals surface area contributed by atoms with E-state index in [2.05, 4.69) is 35.7 Å². The minimum atomic E-state index is 0.204. The number of hydrogen-bond acceptors (Lipinski definition) is 4. The Morgan fingerprint density at radius 1 is 1.06 bits per heavy atom. The van der Waals surface area contributed by atoms with E-state index in [1.165, 1.54) is 12.8 Å². The van der Waals surface area contributed by atoms with Crippen molar-refractivity contribution in [1.82, 2.24) is 15.0 Å². The van der Waals surface area contributed by atoms with Gasteiger partial charge in [0.2, 0.25) is 11.2 Å². The Bertz CT molecular complexity index is 399. The number of hydrogen-bond donors (Lipinski definition) is 1. The molecule has 1 aliphatic carbocycles. The highest BCUT2D eigenvalue weighted by atomic mass is 35.5. The lowest BCUT2D eigenvalue weighted by molar-refractivity contribution is 0.167. The van der Waals surface area contributed by atoms with Crippen LogP contribution in [0.3, 0.4) is 0 Å². The summed E-state index contributed by atoms with van der Waals surface area (Å²) in [6.45, 7) is 6.95. The maximum absolute atomic E-state index is 5.83. The van der Waals surface area contributed by atoms with E-state index in [-0.39, 0.29) is 11.2 Å². The molecule has 0 aliphatic heterocycles. The lowest BCUT2D eigenvalue weighted by atomic mass is 9.70. The zero-order chi connectivity index (χ0) is 13.3. The first kappa shape index (κ1) is 13.5. The molecule has 18 heavy (non-hydrogen) atoms. The van der Waals surface area contributed by atoms with E-state index in [0.717, 1.165) is 24.6 Å². The van der Waals surface area contributed by atoms with Crippen LogP contribution in [-0.2, 0) is 0 Å². The fourth-order valence-corrected chi connectivity index (χ4v) is 2.95. The van der Waals surface area contributed by atoms with Gasteiger partial charge >= 0.3 is 0 Å². The standard InChI is InChI=1S/C13H21ClN4/c1-13(2,3)9-6-4-8(5-7-9)10-16-11(14)18-12(15)17-10/h8-9H,4-7H2,1-3H3,(H2,15,16,17,18). The maximum atomic E-state index is 5.83. The van der Waals surface area contributed by atoms with E-state index < -0.39 is 0 Å². The Hall–Kier alpha value is -0.900. The third-order valence-electron chi connectivity index (χ3n) is 3.96. The number of nitrogen functional groups attached to an aromatic ring is 1. The summed E-state index contributed by atoms with van der Waals surface area (Å²) < 4.78 is 0. The molecule has 5 heteroatoms. The van der Waals surface area contributed by atoms with Gasteiger partial charge in [-0.3, -0.25) is 0 Å². The van der Waals surface area contributed by atoms with Gasteiger partial charge in [-0.1, -0.05) is 20.8 Å². The highest BCUT2D eigenvalue weighted by molar-refractivity contribution is 6.28. The Morgan fingerprint density at radius 2 is 1.67 bits per heavy atom. The number of rotatable bonds is 1. The molecular weight excluding hydrogens is 248 g/mol. The molecule has 0 saturated heterocycles. The van der Waals surface area contributed by atoms with E-state index in [9.17, 15) is 0 Å². The van der Waals surface area contributed by atoms with Crippen LogP contribution in [0.5, 0.6) is 0 Å². The van der Waals surface area contributed by atoms with E-state index in [4.69, 9.17) is 17.3 Å². The smallest absolute Gasteiger partial charge is 0.227 e. The summed E-state index contributed by atoms with van der Waals surface area (Å²) in [5.41, 5.74) is 6.01. The van der Waals surface area contributed by atoms with Gasteiger partial charge < -0.3 is 5.73 Å². The van der Waals surface area contributed by atoms with Gasteiger partial charge in [0.1, 0.15) is 5.82 Å². The zero-order valence-electron chi connectivity index (χ0n) is 11.3. The second kappa shape index (κ2) is 5.00. The van der Waals surface area contributed by atoms with E-state index in [1.807, 2.05) is 0 Å². The van der Waals surface area contributed by atoms with Crippen LogP contribution in [0.15, 0.2) is 0 Å². The van der Waals surface area contributed by atoms with E-state index in [1.54, 1.807) is 0 Å². The van der Waals surface area contributed by atoms with Gasteiger partial charge in [-0.15, -0.1) is 0 Å². The van der Waals surface area contributed by atoms with Crippen LogP contribution in [-0.4, -0.2) is 15.0 Å². The molecular formula is C13H21ClN4. The quantitative estimate of drug-likeness (QED) is 0.847. The topological polar surface area (TPSA) is 64.7 Å². The van der Waals surface area contributed by atoms with Crippen LogP contribution >= 0.6 is 11.6 Å².